The molecule has 1 atom stereocenters. The Morgan fingerprint density at radius 2 is 2.08 bits per heavy atom. The Labute approximate surface area is 81.2 Å². The van der Waals surface area contributed by atoms with Crippen LogP contribution >= 0.6 is 0 Å². The van der Waals surface area contributed by atoms with E-state index < -0.39 is 0 Å². The Morgan fingerprint density at radius 3 is 2.46 bits per heavy atom. The molecule has 0 saturated heterocycles. The van der Waals surface area contributed by atoms with Crippen molar-refractivity contribution in [3.05, 3.63) is 0 Å². The van der Waals surface area contributed by atoms with Gasteiger partial charge < -0.3 is 10.5 Å². The first-order valence-corrected chi connectivity index (χ1v) is 5.00. The van der Waals surface area contributed by atoms with Crippen LogP contribution in [0.4, 0.5) is 0 Å². The summed E-state index contributed by atoms with van der Waals surface area (Å²) < 4.78 is 5.59. The summed E-state index contributed by atoms with van der Waals surface area (Å²) in [6.07, 6.45) is 2.71. The van der Waals surface area contributed by atoms with Gasteiger partial charge in [-0.05, 0) is 18.8 Å². The largest absolute Gasteiger partial charge is 0.388 e. The summed E-state index contributed by atoms with van der Waals surface area (Å²) in [5.41, 5.74) is 5.30. The Bertz CT molecular complexity index is 146. The van der Waals surface area contributed by atoms with E-state index in [2.05, 4.69) is 20.8 Å². The van der Waals surface area contributed by atoms with Crippen LogP contribution in [0, 0.1) is 11.3 Å². The van der Waals surface area contributed by atoms with Crippen molar-refractivity contribution in [3.8, 4) is 0 Å². The van der Waals surface area contributed by atoms with Crippen molar-refractivity contribution in [2.45, 2.75) is 46.1 Å². The normalized spacial score (nSPS) is 13.2. The molecule has 0 aromatic heterocycles. The van der Waals surface area contributed by atoms with E-state index in [1.807, 2.05) is 0 Å². The molecule has 0 radical (unpaired) electrons. The highest BCUT2D eigenvalue weighted by Crippen LogP contribution is 2.06. The number of amidine groups is 1. The number of rotatable bonds is 7. The number of nitrogens with two attached hydrogens (primary N) is 1. The van der Waals surface area contributed by atoms with Crippen molar-refractivity contribution < 1.29 is 4.74 Å². The molecule has 13 heavy (non-hydrogen) atoms. The van der Waals surface area contributed by atoms with Gasteiger partial charge in [0.25, 0.3) is 0 Å². The summed E-state index contributed by atoms with van der Waals surface area (Å²) in [6.45, 7) is 7.19. The molecule has 0 amide bonds. The lowest BCUT2D eigenvalue weighted by molar-refractivity contribution is 0.0487. The van der Waals surface area contributed by atoms with Gasteiger partial charge in [0.1, 0.15) is 0 Å². The van der Waals surface area contributed by atoms with E-state index in [0.29, 0.717) is 12.3 Å². The third kappa shape index (κ3) is 7.78. The number of ether oxygens (including phenoxy) is 1. The van der Waals surface area contributed by atoms with Crippen molar-refractivity contribution >= 4 is 5.84 Å². The number of nitrogens with one attached hydrogen (secondary N) is 1. The molecule has 0 saturated carbocycles. The van der Waals surface area contributed by atoms with Gasteiger partial charge in [-0.25, -0.2) is 0 Å². The molecule has 0 aliphatic rings. The molecule has 0 aromatic carbocycles. The quantitative estimate of drug-likeness (QED) is 0.473. The van der Waals surface area contributed by atoms with Gasteiger partial charge in [0, 0.05) is 13.0 Å². The van der Waals surface area contributed by atoms with Crippen LogP contribution in [0.5, 0.6) is 0 Å². The highest BCUT2D eigenvalue weighted by molar-refractivity contribution is 5.77. The van der Waals surface area contributed by atoms with Gasteiger partial charge >= 0.3 is 0 Å². The third-order valence-corrected chi connectivity index (χ3v) is 1.95. The molecule has 0 spiro atoms. The zero-order valence-electron chi connectivity index (χ0n) is 8.97. The van der Waals surface area contributed by atoms with E-state index in [9.17, 15) is 0 Å². The SMILES string of the molecule is CCC(CC(=N)N)OCCC(C)C. The van der Waals surface area contributed by atoms with Crippen molar-refractivity contribution in [2.24, 2.45) is 11.7 Å². The smallest absolute Gasteiger partial charge is 0.0931 e. The third-order valence-electron chi connectivity index (χ3n) is 1.95. The van der Waals surface area contributed by atoms with Crippen molar-refractivity contribution in [3.63, 3.8) is 0 Å². The summed E-state index contributed by atoms with van der Waals surface area (Å²) in [7, 11) is 0. The minimum absolute atomic E-state index is 0.135. The molecule has 0 bridgehead atoms. The van der Waals surface area contributed by atoms with Crippen LogP contribution in [-0.2, 0) is 4.74 Å². The van der Waals surface area contributed by atoms with Crippen LogP contribution in [-0.4, -0.2) is 18.5 Å². The lowest BCUT2D eigenvalue weighted by atomic mass is 10.1. The summed E-state index contributed by atoms with van der Waals surface area (Å²) in [4.78, 5) is 0. The second kappa shape index (κ2) is 6.89. The van der Waals surface area contributed by atoms with E-state index >= 15 is 0 Å². The first-order chi connectivity index (χ1) is 6.06. The van der Waals surface area contributed by atoms with Gasteiger partial charge in [0.2, 0.25) is 0 Å². The van der Waals surface area contributed by atoms with E-state index in [1.54, 1.807) is 0 Å². The molecule has 0 rings (SSSR count). The molecular formula is C10H22N2O. The monoisotopic (exact) mass is 186 g/mol. The zero-order valence-corrected chi connectivity index (χ0v) is 8.97. The molecule has 1 unspecified atom stereocenters. The Hall–Kier alpha value is -0.570. The fourth-order valence-electron chi connectivity index (χ4n) is 1.04. The van der Waals surface area contributed by atoms with Crippen molar-refractivity contribution in [2.75, 3.05) is 6.61 Å². The zero-order chi connectivity index (χ0) is 10.3. The van der Waals surface area contributed by atoms with Crippen molar-refractivity contribution in [1.29, 1.82) is 5.41 Å². The number of hydrogen-bond donors (Lipinski definition) is 2. The molecule has 0 heterocycles. The van der Waals surface area contributed by atoms with Crippen LogP contribution in [0.3, 0.4) is 0 Å². The summed E-state index contributed by atoms with van der Waals surface area (Å²) in [5.74, 6) is 0.895. The molecule has 3 nitrogen and oxygen atoms in total. The highest BCUT2D eigenvalue weighted by Gasteiger charge is 2.07. The molecule has 3 heteroatoms. The van der Waals surface area contributed by atoms with Gasteiger partial charge in [-0.3, -0.25) is 5.41 Å². The average molecular weight is 186 g/mol. The maximum atomic E-state index is 7.15. The first kappa shape index (κ1) is 12.4. The standard InChI is InChI=1S/C10H22N2O/c1-4-9(7-10(11)12)13-6-5-8(2)3/h8-9H,4-7H2,1-3H3,(H3,11,12). The topological polar surface area (TPSA) is 59.1 Å². The van der Waals surface area contributed by atoms with E-state index in [1.165, 1.54) is 0 Å². The van der Waals surface area contributed by atoms with Crippen LogP contribution in [0.1, 0.15) is 40.0 Å². The number of hydrogen-bond acceptors (Lipinski definition) is 2. The maximum Gasteiger partial charge on any atom is 0.0931 e. The van der Waals surface area contributed by atoms with E-state index in [-0.39, 0.29) is 11.9 Å². The second-order valence-electron chi connectivity index (χ2n) is 3.81. The van der Waals surface area contributed by atoms with Gasteiger partial charge in [-0.1, -0.05) is 20.8 Å². The molecule has 0 aromatic rings. The van der Waals surface area contributed by atoms with Gasteiger partial charge in [0.05, 0.1) is 11.9 Å². The molecular weight excluding hydrogens is 164 g/mol. The first-order valence-electron chi connectivity index (χ1n) is 5.00. The summed E-state index contributed by atoms with van der Waals surface area (Å²) >= 11 is 0. The average Bonchev–Trinajstić information content (AvgIpc) is 2.01. The predicted octanol–water partition coefficient (Wildman–Crippen LogP) is 2.15. The minimum atomic E-state index is 0.135. The fourth-order valence-corrected chi connectivity index (χ4v) is 1.04. The Kier molecular flexibility index (Phi) is 6.59. The van der Waals surface area contributed by atoms with Crippen LogP contribution in [0.25, 0.3) is 0 Å². The van der Waals surface area contributed by atoms with Gasteiger partial charge in [-0.2, -0.15) is 0 Å². The van der Waals surface area contributed by atoms with Crippen LogP contribution in [0.2, 0.25) is 0 Å². The Balaban J connectivity index is 3.53. The predicted molar refractivity (Wildman–Crippen MR) is 56.0 cm³/mol. The highest BCUT2D eigenvalue weighted by atomic mass is 16.5. The Morgan fingerprint density at radius 1 is 1.46 bits per heavy atom. The van der Waals surface area contributed by atoms with Gasteiger partial charge in [0.15, 0.2) is 0 Å². The van der Waals surface area contributed by atoms with Crippen LogP contribution in [0.15, 0.2) is 0 Å². The molecule has 3 N–H and O–H groups in total. The maximum absolute atomic E-state index is 7.15. The molecule has 0 aliphatic heterocycles. The summed E-state index contributed by atoms with van der Waals surface area (Å²) in [5, 5.41) is 7.15. The molecule has 0 aliphatic carbocycles. The second-order valence-corrected chi connectivity index (χ2v) is 3.81. The lowest BCUT2D eigenvalue weighted by Crippen LogP contribution is -2.22. The van der Waals surface area contributed by atoms with Crippen LogP contribution < -0.4 is 5.73 Å². The minimum Gasteiger partial charge on any atom is -0.388 e. The van der Waals surface area contributed by atoms with Gasteiger partial charge in [-0.15, -0.1) is 0 Å². The molecule has 0 fully saturated rings. The fraction of sp³-hybridized carbons (Fsp3) is 0.900. The summed E-state index contributed by atoms with van der Waals surface area (Å²) in [6, 6.07) is 0. The van der Waals surface area contributed by atoms with Crippen molar-refractivity contribution in [1.82, 2.24) is 0 Å². The van der Waals surface area contributed by atoms with E-state index in [0.717, 1.165) is 19.4 Å². The van der Waals surface area contributed by atoms with E-state index in [4.69, 9.17) is 15.9 Å². The molecule has 78 valence electrons. The lowest BCUT2D eigenvalue weighted by Gasteiger charge is -2.15.